The van der Waals surface area contributed by atoms with Crippen LogP contribution in [-0.2, 0) is 9.53 Å². The van der Waals surface area contributed by atoms with Crippen LogP contribution < -0.4 is 4.74 Å². The molecule has 0 N–H and O–H groups in total. The molecule has 0 atom stereocenters. The van der Waals surface area contributed by atoms with Crippen molar-refractivity contribution in [3.63, 3.8) is 0 Å². The maximum absolute atomic E-state index is 11.0. The fourth-order valence-electron chi connectivity index (χ4n) is 0.827. The molecule has 1 aromatic heterocycles. The smallest absolute Gasteiger partial charge is 0.344 e. The first-order chi connectivity index (χ1) is 7.54. The molecular weight excluding hydrogens is 278 g/mol. The molecule has 5 nitrogen and oxygen atoms in total. The van der Waals surface area contributed by atoms with Gasteiger partial charge in [0.15, 0.2) is 22.7 Å². The lowest BCUT2D eigenvalue weighted by Crippen LogP contribution is -2.15. The Balaban J connectivity index is 2.70. The first kappa shape index (κ1) is 13.3. The number of carbonyl (C=O) groups is 1. The quantitative estimate of drug-likeness (QED) is 0.483. The summed E-state index contributed by atoms with van der Waals surface area (Å²) in [6.07, 6.45) is 0. The first-order valence-corrected chi connectivity index (χ1v) is 5.35. The Bertz CT molecular complexity index is 377. The summed E-state index contributed by atoms with van der Waals surface area (Å²) in [4.78, 5) is 18.2. The second-order valence-corrected chi connectivity index (χ2v) is 3.55. The zero-order valence-electron chi connectivity index (χ0n) is 8.17. The van der Waals surface area contributed by atoms with E-state index in [-0.39, 0.29) is 34.6 Å². The van der Waals surface area contributed by atoms with Crippen molar-refractivity contribution < 1.29 is 14.3 Å². The number of rotatable bonds is 4. The lowest BCUT2D eigenvalue weighted by Gasteiger charge is -2.07. The largest absolute Gasteiger partial charge is 0.475 e. The first-order valence-electron chi connectivity index (χ1n) is 4.21. The third kappa shape index (κ3) is 3.66. The molecule has 0 aliphatic heterocycles. The molecule has 0 bridgehead atoms. The number of ether oxygens (including phenoxy) is 2. The molecule has 16 heavy (non-hydrogen) atoms. The molecule has 1 rings (SSSR count). The third-order valence-electron chi connectivity index (χ3n) is 1.40. The van der Waals surface area contributed by atoms with Gasteiger partial charge in [-0.2, -0.15) is 0 Å². The summed E-state index contributed by atoms with van der Waals surface area (Å²) < 4.78 is 9.66. The highest BCUT2D eigenvalue weighted by atomic mass is 35.5. The molecule has 0 unspecified atom stereocenters. The van der Waals surface area contributed by atoms with Gasteiger partial charge in [0, 0.05) is 0 Å². The highest BCUT2D eigenvalue weighted by Gasteiger charge is 2.14. The maximum Gasteiger partial charge on any atom is 0.344 e. The van der Waals surface area contributed by atoms with Crippen LogP contribution in [0.4, 0.5) is 0 Å². The average Bonchev–Trinajstić information content (AvgIpc) is 2.16. The lowest BCUT2D eigenvalue weighted by atomic mass is 10.6. The number of nitrogens with zero attached hydrogens (tertiary/aromatic N) is 2. The Labute approximate surface area is 107 Å². The minimum absolute atomic E-state index is 0.000728. The van der Waals surface area contributed by atoms with Crippen LogP contribution in [0.25, 0.3) is 0 Å². The number of carbonyl (C=O) groups excluding carboxylic acids is 1. The second kappa shape index (κ2) is 6.08. The van der Waals surface area contributed by atoms with E-state index in [1.54, 1.807) is 6.92 Å². The van der Waals surface area contributed by atoms with Crippen LogP contribution in [0.5, 0.6) is 5.75 Å². The summed E-state index contributed by atoms with van der Waals surface area (Å²) in [6, 6.07) is 0. The van der Waals surface area contributed by atoms with Crippen molar-refractivity contribution >= 4 is 40.8 Å². The van der Waals surface area contributed by atoms with E-state index in [0.717, 1.165) is 0 Å². The predicted molar refractivity (Wildman–Crippen MR) is 59.2 cm³/mol. The molecule has 1 aromatic rings. The Morgan fingerprint density at radius 2 is 1.81 bits per heavy atom. The number of esters is 1. The van der Waals surface area contributed by atoms with Crippen molar-refractivity contribution in [3.05, 3.63) is 15.6 Å². The van der Waals surface area contributed by atoms with E-state index in [0.29, 0.717) is 0 Å². The summed E-state index contributed by atoms with van der Waals surface area (Å²) in [5.41, 5.74) is 0. The molecule has 88 valence electrons. The van der Waals surface area contributed by atoms with Crippen LogP contribution in [0.15, 0.2) is 0 Å². The molecule has 0 aliphatic rings. The van der Waals surface area contributed by atoms with Gasteiger partial charge in [-0.3, -0.25) is 0 Å². The summed E-state index contributed by atoms with van der Waals surface area (Å²) in [6.45, 7) is 1.63. The average molecular weight is 286 g/mol. The third-order valence-corrected chi connectivity index (χ3v) is 2.08. The molecule has 0 saturated heterocycles. The van der Waals surface area contributed by atoms with E-state index in [1.165, 1.54) is 0 Å². The summed E-state index contributed by atoms with van der Waals surface area (Å²) in [7, 11) is 0. The van der Waals surface area contributed by atoms with Gasteiger partial charge in [-0.15, -0.1) is 0 Å². The van der Waals surface area contributed by atoms with Gasteiger partial charge >= 0.3 is 5.97 Å². The fourth-order valence-corrected chi connectivity index (χ4v) is 1.58. The molecular formula is C8H7Cl3N2O3. The van der Waals surface area contributed by atoms with Crippen molar-refractivity contribution in [3.8, 4) is 5.75 Å². The van der Waals surface area contributed by atoms with Gasteiger partial charge in [-0.25, -0.2) is 14.8 Å². The summed E-state index contributed by atoms with van der Waals surface area (Å²) in [5.74, 6) is -0.537. The molecule has 0 saturated carbocycles. The van der Waals surface area contributed by atoms with Crippen LogP contribution in [-0.4, -0.2) is 29.2 Å². The van der Waals surface area contributed by atoms with E-state index in [2.05, 4.69) is 14.7 Å². The Morgan fingerprint density at radius 3 is 2.31 bits per heavy atom. The number of hydrogen-bond donors (Lipinski definition) is 0. The number of hydrogen-bond acceptors (Lipinski definition) is 5. The SMILES string of the molecule is CCOC(=O)COc1c(Cl)nc(Cl)nc1Cl. The second-order valence-electron chi connectivity index (χ2n) is 2.50. The van der Waals surface area contributed by atoms with E-state index in [9.17, 15) is 4.79 Å². The molecule has 1 heterocycles. The molecule has 0 aliphatic carbocycles. The van der Waals surface area contributed by atoms with Gasteiger partial charge in [0.25, 0.3) is 0 Å². The van der Waals surface area contributed by atoms with Crippen molar-refractivity contribution in [2.75, 3.05) is 13.2 Å². The predicted octanol–water partition coefficient (Wildman–Crippen LogP) is 2.38. The zero-order valence-corrected chi connectivity index (χ0v) is 10.4. The Hall–Kier alpha value is -0.780. The highest BCUT2D eigenvalue weighted by Crippen LogP contribution is 2.30. The highest BCUT2D eigenvalue weighted by molar-refractivity contribution is 6.37. The molecule has 8 heteroatoms. The zero-order chi connectivity index (χ0) is 12.1. The standard InChI is InChI=1S/C8H7Cl3N2O3/c1-2-15-4(14)3-16-5-6(9)12-8(11)13-7(5)10/h2-3H2,1H3. The molecule has 0 aromatic carbocycles. The minimum atomic E-state index is -0.537. The van der Waals surface area contributed by atoms with Crippen LogP contribution in [0, 0.1) is 0 Å². The number of halogens is 3. The topological polar surface area (TPSA) is 61.3 Å². The van der Waals surface area contributed by atoms with Gasteiger partial charge in [-0.05, 0) is 18.5 Å². The molecule has 0 radical (unpaired) electrons. The van der Waals surface area contributed by atoms with Crippen molar-refractivity contribution in [1.29, 1.82) is 0 Å². The van der Waals surface area contributed by atoms with Gasteiger partial charge < -0.3 is 9.47 Å². The minimum Gasteiger partial charge on any atom is -0.475 e. The van der Waals surface area contributed by atoms with Gasteiger partial charge in [-0.1, -0.05) is 23.2 Å². The number of aromatic nitrogens is 2. The van der Waals surface area contributed by atoms with Crippen molar-refractivity contribution in [2.24, 2.45) is 0 Å². The van der Waals surface area contributed by atoms with E-state index in [1.807, 2.05) is 0 Å². The van der Waals surface area contributed by atoms with Crippen molar-refractivity contribution in [1.82, 2.24) is 9.97 Å². The van der Waals surface area contributed by atoms with Crippen LogP contribution in [0.1, 0.15) is 6.92 Å². The fraction of sp³-hybridized carbons (Fsp3) is 0.375. The summed E-state index contributed by atoms with van der Waals surface area (Å²) >= 11 is 16.9. The van der Waals surface area contributed by atoms with E-state index in [4.69, 9.17) is 39.5 Å². The summed E-state index contributed by atoms with van der Waals surface area (Å²) in [5, 5.41) is -0.220. The monoisotopic (exact) mass is 284 g/mol. The van der Waals surface area contributed by atoms with E-state index < -0.39 is 5.97 Å². The lowest BCUT2D eigenvalue weighted by molar-refractivity contribution is -0.145. The van der Waals surface area contributed by atoms with Gasteiger partial charge in [0.05, 0.1) is 6.61 Å². The van der Waals surface area contributed by atoms with E-state index >= 15 is 0 Å². The van der Waals surface area contributed by atoms with Gasteiger partial charge in [0.2, 0.25) is 5.28 Å². The van der Waals surface area contributed by atoms with Crippen LogP contribution in [0.2, 0.25) is 15.6 Å². The Kier molecular flexibility index (Phi) is 5.05. The molecule has 0 fully saturated rings. The van der Waals surface area contributed by atoms with Crippen LogP contribution in [0.3, 0.4) is 0 Å². The maximum atomic E-state index is 11.0. The molecule has 0 spiro atoms. The van der Waals surface area contributed by atoms with Gasteiger partial charge in [0.1, 0.15) is 0 Å². The normalized spacial score (nSPS) is 10.0. The Morgan fingerprint density at radius 1 is 1.25 bits per heavy atom. The van der Waals surface area contributed by atoms with Crippen LogP contribution >= 0.6 is 34.8 Å². The molecule has 0 amide bonds. The van der Waals surface area contributed by atoms with Crippen molar-refractivity contribution in [2.45, 2.75) is 6.92 Å².